The molecule has 0 radical (unpaired) electrons. The van der Waals surface area contributed by atoms with Crippen molar-refractivity contribution in [1.82, 2.24) is 36.5 Å². The fourth-order valence-electron chi connectivity index (χ4n) is 3.78. The standard InChI is InChI=1S/C18H31N7O3/c1-11-9-25(24-21-11)10-16(26)19-15-8-14(22-23-15)12-5-6-13(7-12)28-17(27)20-18(2,3)4/h9,12-15,22-23H,5-8,10H2,1-4H3,(H,19,26)(H,20,27)/t12-,13+,14?,15?/m0/s1. The third-order valence-electron chi connectivity index (χ3n) is 4.97. The Kier molecular flexibility index (Phi) is 6.19. The van der Waals surface area contributed by atoms with Crippen molar-refractivity contribution in [1.29, 1.82) is 0 Å². The Morgan fingerprint density at radius 1 is 1.29 bits per heavy atom. The number of alkyl carbamates (subject to hydrolysis) is 1. The van der Waals surface area contributed by atoms with Crippen LogP contribution < -0.4 is 21.5 Å². The minimum atomic E-state index is -0.357. The Morgan fingerprint density at radius 2 is 2.07 bits per heavy atom. The summed E-state index contributed by atoms with van der Waals surface area (Å²) in [5.41, 5.74) is 6.90. The van der Waals surface area contributed by atoms with Crippen LogP contribution in [0.1, 0.15) is 52.1 Å². The van der Waals surface area contributed by atoms with Gasteiger partial charge < -0.3 is 15.4 Å². The van der Waals surface area contributed by atoms with E-state index in [4.69, 9.17) is 4.74 Å². The largest absolute Gasteiger partial charge is 0.446 e. The number of amides is 2. The van der Waals surface area contributed by atoms with Gasteiger partial charge >= 0.3 is 6.09 Å². The molecule has 0 bridgehead atoms. The molecule has 28 heavy (non-hydrogen) atoms. The van der Waals surface area contributed by atoms with E-state index in [1.54, 1.807) is 6.20 Å². The van der Waals surface area contributed by atoms with Gasteiger partial charge in [-0.15, -0.1) is 5.10 Å². The van der Waals surface area contributed by atoms with Crippen molar-refractivity contribution >= 4 is 12.0 Å². The zero-order chi connectivity index (χ0) is 20.3. The molecule has 2 unspecified atom stereocenters. The molecule has 4 atom stereocenters. The molecule has 1 saturated carbocycles. The summed E-state index contributed by atoms with van der Waals surface area (Å²) >= 11 is 0. The molecule has 1 aromatic rings. The molecule has 10 nitrogen and oxygen atoms in total. The van der Waals surface area contributed by atoms with Gasteiger partial charge in [0, 0.05) is 17.8 Å². The van der Waals surface area contributed by atoms with Gasteiger partial charge in [0.2, 0.25) is 5.91 Å². The number of nitrogens with one attached hydrogen (secondary N) is 4. The van der Waals surface area contributed by atoms with Gasteiger partial charge in [0.1, 0.15) is 12.6 Å². The van der Waals surface area contributed by atoms with E-state index in [0.29, 0.717) is 5.92 Å². The second kappa shape index (κ2) is 8.44. The number of hydrogen-bond donors (Lipinski definition) is 4. The van der Waals surface area contributed by atoms with Gasteiger partial charge in [-0.3, -0.25) is 10.2 Å². The molecule has 156 valence electrons. The number of nitrogens with zero attached hydrogens (tertiary/aromatic N) is 3. The number of rotatable bonds is 5. The first-order chi connectivity index (χ1) is 13.2. The fourth-order valence-corrected chi connectivity index (χ4v) is 3.78. The first-order valence-corrected chi connectivity index (χ1v) is 9.84. The van der Waals surface area contributed by atoms with Gasteiger partial charge in [0.15, 0.2) is 0 Å². The fraction of sp³-hybridized carbons (Fsp3) is 0.778. The molecular formula is C18H31N7O3. The summed E-state index contributed by atoms with van der Waals surface area (Å²) in [6, 6.07) is 0.234. The number of aryl methyl sites for hydroxylation is 1. The molecule has 3 rings (SSSR count). The van der Waals surface area contributed by atoms with Crippen LogP contribution in [0.3, 0.4) is 0 Å². The van der Waals surface area contributed by atoms with E-state index in [1.165, 1.54) is 4.68 Å². The van der Waals surface area contributed by atoms with Crippen LogP contribution in [0.5, 0.6) is 0 Å². The van der Waals surface area contributed by atoms with E-state index in [2.05, 4.69) is 31.8 Å². The number of hydrazine groups is 1. The Labute approximate surface area is 165 Å². The highest BCUT2D eigenvalue weighted by Crippen LogP contribution is 2.32. The molecule has 0 spiro atoms. The predicted octanol–water partition coefficient (Wildman–Crippen LogP) is 0.589. The van der Waals surface area contributed by atoms with Crippen LogP contribution in [-0.4, -0.2) is 50.8 Å². The van der Waals surface area contributed by atoms with E-state index in [1.807, 2.05) is 27.7 Å². The molecule has 4 N–H and O–H groups in total. The van der Waals surface area contributed by atoms with Gasteiger partial charge in [-0.1, -0.05) is 5.21 Å². The second-order valence-corrected chi connectivity index (χ2v) is 8.78. The van der Waals surface area contributed by atoms with Crippen LogP contribution in [0, 0.1) is 12.8 Å². The van der Waals surface area contributed by atoms with E-state index < -0.39 is 0 Å². The average Bonchev–Trinajstić information content (AvgIpc) is 3.27. The van der Waals surface area contributed by atoms with Crippen LogP contribution in [0.2, 0.25) is 0 Å². The molecule has 10 heteroatoms. The first-order valence-electron chi connectivity index (χ1n) is 9.84. The summed E-state index contributed by atoms with van der Waals surface area (Å²) in [5.74, 6) is 0.288. The van der Waals surface area contributed by atoms with Crippen LogP contribution in [-0.2, 0) is 16.1 Å². The molecular weight excluding hydrogens is 362 g/mol. The highest BCUT2D eigenvalue weighted by molar-refractivity contribution is 5.75. The topological polar surface area (TPSA) is 122 Å². The maximum atomic E-state index is 12.2. The lowest BCUT2D eigenvalue weighted by molar-refractivity contribution is -0.122. The summed E-state index contributed by atoms with van der Waals surface area (Å²) in [5, 5.41) is 13.6. The van der Waals surface area contributed by atoms with E-state index in [-0.39, 0.29) is 42.4 Å². The van der Waals surface area contributed by atoms with Gasteiger partial charge in [0.25, 0.3) is 0 Å². The third kappa shape index (κ3) is 5.90. The SMILES string of the molecule is Cc1cn(CC(=O)NC2CC([C@H]3CC[C@@H](OC(=O)NC(C)(C)C)C3)NN2)nn1. The molecule has 0 aromatic carbocycles. The predicted molar refractivity (Wildman–Crippen MR) is 102 cm³/mol. The summed E-state index contributed by atoms with van der Waals surface area (Å²) in [6.07, 6.45) is 4.66. The summed E-state index contributed by atoms with van der Waals surface area (Å²) < 4.78 is 7.07. The van der Waals surface area contributed by atoms with Gasteiger partial charge in [-0.25, -0.2) is 14.9 Å². The Balaban J connectivity index is 1.39. The minimum absolute atomic E-state index is 0.0571. The minimum Gasteiger partial charge on any atom is -0.446 e. The zero-order valence-corrected chi connectivity index (χ0v) is 17.0. The molecule has 1 aliphatic heterocycles. The Hall–Kier alpha value is -2.20. The van der Waals surface area contributed by atoms with Crippen molar-refractivity contribution in [2.24, 2.45) is 5.92 Å². The average molecular weight is 393 g/mol. The summed E-state index contributed by atoms with van der Waals surface area (Å²) in [7, 11) is 0. The van der Waals surface area contributed by atoms with Crippen molar-refractivity contribution in [3.63, 3.8) is 0 Å². The molecule has 1 aromatic heterocycles. The normalized spacial score (nSPS) is 27.6. The number of hydrogen-bond acceptors (Lipinski definition) is 7. The quantitative estimate of drug-likeness (QED) is 0.577. The smallest absolute Gasteiger partial charge is 0.407 e. The Morgan fingerprint density at radius 3 is 2.75 bits per heavy atom. The molecule has 1 aliphatic carbocycles. The third-order valence-corrected chi connectivity index (χ3v) is 4.97. The Bertz CT molecular complexity index is 700. The van der Waals surface area contributed by atoms with E-state index in [9.17, 15) is 9.59 Å². The van der Waals surface area contributed by atoms with Crippen molar-refractivity contribution in [3.8, 4) is 0 Å². The molecule has 1 saturated heterocycles. The number of carbonyl (C=O) groups is 2. The summed E-state index contributed by atoms with van der Waals surface area (Å²) in [4.78, 5) is 24.1. The molecule has 2 aliphatic rings. The van der Waals surface area contributed by atoms with Crippen LogP contribution in [0.25, 0.3) is 0 Å². The highest BCUT2D eigenvalue weighted by Gasteiger charge is 2.37. The summed E-state index contributed by atoms with van der Waals surface area (Å²) in [6.45, 7) is 7.76. The maximum Gasteiger partial charge on any atom is 0.407 e. The molecule has 2 fully saturated rings. The van der Waals surface area contributed by atoms with Crippen molar-refractivity contribution < 1.29 is 14.3 Å². The van der Waals surface area contributed by atoms with Crippen LogP contribution in [0.4, 0.5) is 4.79 Å². The van der Waals surface area contributed by atoms with Gasteiger partial charge in [-0.05, 0) is 59.3 Å². The lowest BCUT2D eigenvalue weighted by atomic mass is 9.96. The van der Waals surface area contributed by atoms with Crippen molar-refractivity contribution in [2.45, 2.75) is 83.8 Å². The van der Waals surface area contributed by atoms with Crippen molar-refractivity contribution in [3.05, 3.63) is 11.9 Å². The highest BCUT2D eigenvalue weighted by atomic mass is 16.6. The zero-order valence-electron chi connectivity index (χ0n) is 17.0. The van der Waals surface area contributed by atoms with E-state index >= 15 is 0 Å². The maximum absolute atomic E-state index is 12.2. The van der Waals surface area contributed by atoms with E-state index in [0.717, 1.165) is 31.4 Å². The monoisotopic (exact) mass is 393 g/mol. The molecule has 2 heterocycles. The van der Waals surface area contributed by atoms with Crippen LogP contribution in [0.15, 0.2) is 6.20 Å². The second-order valence-electron chi connectivity index (χ2n) is 8.78. The lowest BCUT2D eigenvalue weighted by Crippen LogP contribution is -2.45. The lowest BCUT2D eigenvalue weighted by Gasteiger charge is -2.22. The first kappa shape index (κ1) is 20.5. The number of ether oxygens (including phenoxy) is 1. The number of aromatic nitrogens is 3. The van der Waals surface area contributed by atoms with Crippen molar-refractivity contribution in [2.75, 3.05) is 0 Å². The van der Waals surface area contributed by atoms with Crippen LogP contribution >= 0.6 is 0 Å². The molecule has 2 amide bonds. The van der Waals surface area contributed by atoms with Gasteiger partial charge in [-0.2, -0.15) is 0 Å². The van der Waals surface area contributed by atoms with Gasteiger partial charge in [0.05, 0.1) is 11.9 Å². The number of carbonyl (C=O) groups excluding carboxylic acids is 2.